The Morgan fingerprint density at radius 2 is 0.833 bits per heavy atom. The fourth-order valence-corrected chi connectivity index (χ4v) is 5.49. The molecule has 3 nitrogen and oxygen atoms in total. The lowest BCUT2D eigenvalue weighted by Gasteiger charge is -2.11. The summed E-state index contributed by atoms with van der Waals surface area (Å²) in [5, 5.41) is 0. The second kappa shape index (κ2) is 21.0. The molecule has 0 aromatic heterocycles. The third kappa shape index (κ3) is 15.9. The first-order chi connectivity index (χ1) is 14.8. The van der Waals surface area contributed by atoms with Crippen molar-refractivity contribution in [3.63, 3.8) is 0 Å². The fourth-order valence-electron chi connectivity index (χ4n) is 2.88. The largest absolute Gasteiger partial charge is 0.382 e. The minimum Gasteiger partial charge on any atom is -0.382 e. The van der Waals surface area contributed by atoms with Crippen molar-refractivity contribution in [2.24, 2.45) is 0 Å². The van der Waals surface area contributed by atoms with Crippen LogP contribution in [0.25, 0.3) is 0 Å². The Balaban J connectivity index is 2.47. The van der Waals surface area contributed by atoms with Crippen molar-refractivity contribution in [2.75, 3.05) is 56.9 Å². The van der Waals surface area contributed by atoms with Gasteiger partial charge in [0.2, 0.25) is 0 Å². The van der Waals surface area contributed by atoms with Crippen molar-refractivity contribution in [1.82, 2.24) is 0 Å². The summed E-state index contributed by atoms with van der Waals surface area (Å²) in [4.78, 5) is 0. The smallest absolute Gasteiger partial charge is 0.0473 e. The molecule has 0 saturated carbocycles. The van der Waals surface area contributed by atoms with Crippen molar-refractivity contribution >= 4 is 35.3 Å². The minimum absolute atomic E-state index is 0.820. The van der Waals surface area contributed by atoms with E-state index in [-0.39, 0.29) is 0 Å². The number of rotatable bonds is 21. The lowest BCUT2D eigenvalue weighted by Crippen LogP contribution is -1.97. The molecule has 1 aromatic carbocycles. The Morgan fingerprint density at radius 1 is 0.533 bits per heavy atom. The van der Waals surface area contributed by atoms with E-state index in [0.717, 1.165) is 93.4 Å². The van der Waals surface area contributed by atoms with E-state index in [2.05, 4.69) is 39.0 Å². The number of benzene rings is 1. The number of ether oxygens (including phenoxy) is 3. The molecular weight excluding hydrogens is 432 g/mol. The van der Waals surface area contributed by atoms with E-state index in [0.29, 0.717) is 0 Å². The highest BCUT2D eigenvalue weighted by Gasteiger charge is 2.04. The van der Waals surface area contributed by atoms with Gasteiger partial charge in [-0.15, -0.1) is 0 Å². The van der Waals surface area contributed by atoms with Gasteiger partial charge >= 0.3 is 0 Å². The molecular formula is C24H42O3S3. The molecule has 0 aliphatic rings. The number of hydrogen-bond acceptors (Lipinski definition) is 6. The van der Waals surface area contributed by atoms with E-state index in [1.54, 1.807) is 0 Å². The molecule has 0 bridgehead atoms. The minimum atomic E-state index is 0.820. The first-order valence-corrected chi connectivity index (χ1v) is 14.8. The summed E-state index contributed by atoms with van der Waals surface area (Å²) in [5.74, 6) is 6.78. The SMILES string of the molecule is CCOCCCSCc1cc(CSCCCOCC)cc(CSCCCOCC)c1. The topological polar surface area (TPSA) is 27.7 Å². The predicted molar refractivity (Wildman–Crippen MR) is 138 cm³/mol. The molecule has 0 saturated heterocycles. The predicted octanol–water partition coefficient (Wildman–Crippen LogP) is 6.67. The lowest BCUT2D eigenvalue weighted by molar-refractivity contribution is 0.149. The van der Waals surface area contributed by atoms with Gasteiger partial charge in [0.15, 0.2) is 0 Å². The van der Waals surface area contributed by atoms with Crippen LogP contribution in [0, 0.1) is 0 Å². The molecule has 0 N–H and O–H groups in total. The fraction of sp³-hybridized carbons (Fsp3) is 0.750. The first kappa shape index (κ1) is 28.2. The zero-order valence-electron chi connectivity index (χ0n) is 19.3. The average molecular weight is 475 g/mol. The van der Waals surface area contributed by atoms with Gasteiger partial charge in [-0.3, -0.25) is 0 Å². The maximum absolute atomic E-state index is 5.45. The van der Waals surface area contributed by atoms with Crippen molar-refractivity contribution in [3.05, 3.63) is 34.9 Å². The third-order valence-electron chi connectivity index (χ3n) is 4.26. The van der Waals surface area contributed by atoms with Gasteiger partial charge in [-0.25, -0.2) is 0 Å². The van der Waals surface area contributed by atoms with E-state index < -0.39 is 0 Å². The standard InChI is InChI=1S/C24H42O3S3/c1-4-25-10-7-13-28-19-22-16-23(20-29-14-8-11-26-5-2)18-24(17-22)21-30-15-9-12-27-6-3/h16-18H,4-15,19-21H2,1-3H3. The average Bonchev–Trinajstić information content (AvgIpc) is 2.75. The normalized spacial score (nSPS) is 11.3. The molecule has 0 atom stereocenters. The van der Waals surface area contributed by atoms with Crippen molar-refractivity contribution < 1.29 is 14.2 Å². The Labute approximate surface area is 198 Å². The van der Waals surface area contributed by atoms with Crippen molar-refractivity contribution in [3.8, 4) is 0 Å². The molecule has 1 aromatic rings. The van der Waals surface area contributed by atoms with Gasteiger partial charge in [0, 0.05) is 56.9 Å². The van der Waals surface area contributed by atoms with Crippen molar-refractivity contribution in [2.45, 2.75) is 57.3 Å². The second-order valence-electron chi connectivity index (χ2n) is 6.97. The molecule has 0 radical (unpaired) electrons. The van der Waals surface area contributed by atoms with Gasteiger partial charge in [-0.1, -0.05) is 18.2 Å². The molecule has 0 aliphatic carbocycles. The van der Waals surface area contributed by atoms with Crippen LogP contribution < -0.4 is 0 Å². The van der Waals surface area contributed by atoms with Gasteiger partial charge in [-0.2, -0.15) is 35.3 Å². The van der Waals surface area contributed by atoms with Crippen LogP contribution >= 0.6 is 35.3 Å². The molecule has 0 aliphatic heterocycles. The van der Waals surface area contributed by atoms with Crippen LogP contribution in [0.2, 0.25) is 0 Å². The van der Waals surface area contributed by atoms with Crippen molar-refractivity contribution in [1.29, 1.82) is 0 Å². The monoisotopic (exact) mass is 474 g/mol. The van der Waals surface area contributed by atoms with E-state index in [4.69, 9.17) is 14.2 Å². The van der Waals surface area contributed by atoms with E-state index in [1.165, 1.54) is 16.7 Å². The summed E-state index contributed by atoms with van der Waals surface area (Å²) in [6.45, 7) is 11.3. The molecule has 174 valence electrons. The third-order valence-corrected chi connectivity index (χ3v) is 7.61. The van der Waals surface area contributed by atoms with E-state index >= 15 is 0 Å². The highest BCUT2D eigenvalue weighted by molar-refractivity contribution is 7.99. The van der Waals surface area contributed by atoms with Crippen LogP contribution in [0.5, 0.6) is 0 Å². The highest BCUT2D eigenvalue weighted by Crippen LogP contribution is 2.23. The lowest BCUT2D eigenvalue weighted by atomic mass is 10.1. The second-order valence-corrected chi connectivity index (χ2v) is 10.3. The summed E-state index contributed by atoms with van der Waals surface area (Å²) in [6.07, 6.45) is 3.41. The zero-order valence-corrected chi connectivity index (χ0v) is 21.7. The van der Waals surface area contributed by atoms with Crippen LogP contribution in [-0.4, -0.2) is 56.9 Å². The summed E-state index contributed by atoms with van der Waals surface area (Å²) in [6, 6.07) is 7.23. The molecule has 0 amide bonds. The van der Waals surface area contributed by atoms with E-state index in [1.807, 2.05) is 35.3 Å². The Hall–Kier alpha value is 0.150. The van der Waals surface area contributed by atoms with Crippen LogP contribution in [0.1, 0.15) is 56.7 Å². The summed E-state index contributed by atoms with van der Waals surface area (Å²) >= 11 is 6.07. The molecule has 0 spiro atoms. The van der Waals surface area contributed by atoms with Gasteiger partial charge in [0.1, 0.15) is 0 Å². The molecule has 1 rings (SSSR count). The zero-order chi connectivity index (χ0) is 21.7. The van der Waals surface area contributed by atoms with E-state index in [9.17, 15) is 0 Å². The highest BCUT2D eigenvalue weighted by atomic mass is 32.2. The molecule has 0 fully saturated rings. The summed E-state index contributed by atoms with van der Waals surface area (Å²) in [5.41, 5.74) is 4.40. The Bertz CT molecular complexity index is 431. The maximum Gasteiger partial charge on any atom is 0.0473 e. The molecule has 0 unspecified atom stereocenters. The summed E-state index contributed by atoms with van der Waals surface area (Å²) in [7, 11) is 0. The van der Waals surface area contributed by atoms with Crippen LogP contribution in [0.4, 0.5) is 0 Å². The van der Waals surface area contributed by atoms with Crippen LogP contribution in [-0.2, 0) is 31.5 Å². The van der Waals surface area contributed by atoms with Gasteiger partial charge in [0.25, 0.3) is 0 Å². The summed E-state index contributed by atoms with van der Waals surface area (Å²) < 4.78 is 16.3. The van der Waals surface area contributed by atoms with Gasteiger partial charge < -0.3 is 14.2 Å². The Kier molecular flexibility index (Phi) is 19.7. The van der Waals surface area contributed by atoms with Gasteiger partial charge in [0.05, 0.1) is 0 Å². The number of thioether (sulfide) groups is 3. The van der Waals surface area contributed by atoms with Crippen LogP contribution in [0.3, 0.4) is 0 Å². The molecule has 6 heteroatoms. The first-order valence-electron chi connectivity index (χ1n) is 11.4. The molecule has 30 heavy (non-hydrogen) atoms. The Morgan fingerprint density at radius 3 is 1.10 bits per heavy atom. The molecule has 0 heterocycles. The van der Waals surface area contributed by atoms with Gasteiger partial charge in [-0.05, 0) is 74.0 Å². The quantitative estimate of drug-likeness (QED) is 0.185. The number of hydrogen-bond donors (Lipinski definition) is 0. The van der Waals surface area contributed by atoms with Crippen LogP contribution in [0.15, 0.2) is 18.2 Å². The maximum atomic E-state index is 5.45.